The van der Waals surface area contributed by atoms with Crippen molar-refractivity contribution in [3.63, 3.8) is 0 Å². The van der Waals surface area contributed by atoms with Gasteiger partial charge in [0.25, 0.3) is 5.91 Å². The minimum absolute atomic E-state index is 0.163. The molecule has 1 heterocycles. The Labute approximate surface area is 115 Å². The van der Waals surface area contributed by atoms with E-state index in [-0.39, 0.29) is 16.6 Å². The molecule has 1 aromatic carbocycles. The third kappa shape index (κ3) is 2.90. The van der Waals surface area contributed by atoms with Gasteiger partial charge in [-0.2, -0.15) is 0 Å². The lowest BCUT2D eigenvalue weighted by Gasteiger charge is -2.08. The maximum absolute atomic E-state index is 13.5. The predicted molar refractivity (Wildman–Crippen MR) is 71.3 cm³/mol. The Morgan fingerprint density at radius 2 is 1.80 bits per heavy atom. The maximum atomic E-state index is 13.5. The number of rotatable bonds is 2. The number of halogens is 1. The number of carbonyl (C=O) groups excluding carboxylic acids is 1. The number of nitrogens with one attached hydrogen (secondary N) is 1. The molecule has 1 amide bonds. The molecule has 0 saturated carbocycles. The largest absolute Gasteiger partial charge is 0.268 e. The second-order valence-corrected chi connectivity index (χ2v) is 6.17. The first-order valence-electron chi connectivity index (χ1n) is 5.64. The molecule has 2 rings (SSSR count). The second-order valence-electron chi connectivity index (χ2n) is 4.42. The van der Waals surface area contributed by atoms with E-state index < -0.39 is 21.7 Å². The third-order valence-corrected chi connectivity index (χ3v) is 3.22. The highest BCUT2D eigenvalue weighted by Crippen LogP contribution is 2.19. The molecule has 0 fully saturated rings. The highest BCUT2D eigenvalue weighted by atomic mass is 32.2. The maximum Gasteiger partial charge on any atom is 0.267 e. The first kappa shape index (κ1) is 14.3. The van der Waals surface area contributed by atoms with Gasteiger partial charge in [0.15, 0.2) is 0 Å². The number of sulfonamides is 1. The molecule has 0 aliphatic rings. The molecule has 1 aromatic heterocycles. The van der Waals surface area contributed by atoms with E-state index in [4.69, 9.17) is 0 Å². The fourth-order valence-electron chi connectivity index (χ4n) is 1.69. The highest BCUT2D eigenvalue weighted by Gasteiger charge is 2.18. The summed E-state index contributed by atoms with van der Waals surface area (Å²) in [5.74, 6) is -1.62. The minimum Gasteiger partial charge on any atom is -0.268 e. The first-order valence-corrected chi connectivity index (χ1v) is 7.53. The normalized spacial score (nSPS) is 11.6. The molecule has 8 heteroatoms. The van der Waals surface area contributed by atoms with Crippen LogP contribution >= 0.6 is 0 Å². The number of hydrogen-bond donors (Lipinski definition) is 1. The van der Waals surface area contributed by atoms with Crippen molar-refractivity contribution in [2.45, 2.75) is 13.8 Å². The number of aryl methyl sites for hydroxylation is 2. The third-order valence-electron chi connectivity index (χ3n) is 2.67. The zero-order chi connectivity index (χ0) is 15.1. The van der Waals surface area contributed by atoms with Crippen molar-refractivity contribution in [2.75, 3.05) is 6.26 Å². The fraction of sp³-hybridized carbons (Fsp3) is 0.250. The van der Waals surface area contributed by atoms with Crippen molar-refractivity contribution in [1.29, 1.82) is 0 Å². The Morgan fingerprint density at radius 1 is 1.20 bits per heavy atom. The topological polar surface area (TPSA) is 89.0 Å². The van der Waals surface area contributed by atoms with Gasteiger partial charge in [-0.3, -0.25) is 4.79 Å². The summed E-state index contributed by atoms with van der Waals surface area (Å²) in [6.07, 6.45) is 0.841. The van der Waals surface area contributed by atoms with Crippen LogP contribution in [0.1, 0.15) is 21.7 Å². The fourth-order valence-corrected chi connectivity index (χ4v) is 2.14. The van der Waals surface area contributed by atoms with Crippen molar-refractivity contribution < 1.29 is 17.6 Å². The Kier molecular flexibility index (Phi) is 3.43. The molecule has 2 aromatic rings. The molecule has 1 N–H and O–H groups in total. The Bertz CT molecular complexity index is 818. The van der Waals surface area contributed by atoms with Crippen LogP contribution < -0.4 is 4.72 Å². The van der Waals surface area contributed by atoms with Gasteiger partial charge in [0.1, 0.15) is 11.3 Å². The molecular weight excluding hydrogens is 285 g/mol. The van der Waals surface area contributed by atoms with Crippen LogP contribution in [0.4, 0.5) is 4.39 Å². The van der Waals surface area contributed by atoms with Crippen LogP contribution in [0.5, 0.6) is 0 Å². The van der Waals surface area contributed by atoms with Crippen molar-refractivity contribution in [2.24, 2.45) is 0 Å². The monoisotopic (exact) mass is 297 g/mol. The molecule has 0 atom stereocenters. The molecule has 6 nitrogen and oxygen atoms in total. The minimum atomic E-state index is -3.74. The van der Waals surface area contributed by atoms with Gasteiger partial charge in [0.2, 0.25) is 10.0 Å². The summed E-state index contributed by atoms with van der Waals surface area (Å²) in [4.78, 5) is 20.2. The molecule has 20 heavy (non-hydrogen) atoms. The van der Waals surface area contributed by atoms with Crippen molar-refractivity contribution in [3.05, 3.63) is 34.9 Å². The zero-order valence-electron chi connectivity index (χ0n) is 11.1. The molecule has 0 spiro atoms. The van der Waals surface area contributed by atoms with Crippen molar-refractivity contribution in [1.82, 2.24) is 14.7 Å². The predicted octanol–water partition coefficient (Wildman–Crippen LogP) is 1.08. The molecule has 106 valence electrons. The van der Waals surface area contributed by atoms with Crippen LogP contribution in [-0.4, -0.2) is 30.5 Å². The van der Waals surface area contributed by atoms with Gasteiger partial charge >= 0.3 is 0 Å². The summed E-state index contributed by atoms with van der Waals surface area (Å²) in [5, 5.41) is 0. The Balaban J connectivity index is 2.69. The summed E-state index contributed by atoms with van der Waals surface area (Å²) in [5.41, 5.74) is 1.39. The van der Waals surface area contributed by atoms with E-state index in [0.717, 1.165) is 18.4 Å². The molecule has 0 aliphatic heterocycles. The summed E-state index contributed by atoms with van der Waals surface area (Å²) < 4.78 is 37.5. The van der Waals surface area contributed by atoms with E-state index in [2.05, 4.69) is 9.97 Å². The average Bonchev–Trinajstić information content (AvgIpc) is 2.28. The van der Waals surface area contributed by atoms with E-state index >= 15 is 0 Å². The highest BCUT2D eigenvalue weighted by molar-refractivity contribution is 7.89. The Morgan fingerprint density at radius 3 is 2.40 bits per heavy atom. The number of aromatic nitrogens is 2. The van der Waals surface area contributed by atoms with Gasteiger partial charge in [-0.25, -0.2) is 27.5 Å². The van der Waals surface area contributed by atoms with Gasteiger partial charge in [-0.1, -0.05) is 0 Å². The molecular formula is C12H12FN3O3S. The van der Waals surface area contributed by atoms with E-state index in [9.17, 15) is 17.6 Å². The van der Waals surface area contributed by atoms with Crippen LogP contribution in [0.2, 0.25) is 0 Å². The zero-order valence-corrected chi connectivity index (χ0v) is 11.9. The number of benzene rings is 1. The van der Waals surface area contributed by atoms with Crippen LogP contribution in [0, 0.1) is 19.7 Å². The first-order chi connectivity index (χ1) is 9.17. The number of hydrogen-bond acceptors (Lipinski definition) is 5. The summed E-state index contributed by atoms with van der Waals surface area (Å²) in [6.45, 7) is 3.41. The molecule has 0 unspecified atom stereocenters. The summed E-state index contributed by atoms with van der Waals surface area (Å²) >= 11 is 0. The molecule has 0 aliphatic carbocycles. The van der Waals surface area contributed by atoms with Crippen LogP contribution in [0.3, 0.4) is 0 Å². The average molecular weight is 297 g/mol. The standard InChI is InChI=1S/C12H12FN3O3S/c1-6-7(2)15-11-9(12(17)16-20(3,18)19)4-8(13)5-10(11)14-6/h4-5H,1-3H3,(H,16,17). The quantitative estimate of drug-likeness (QED) is 0.895. The van der Waals surface area contributed by atoms with Gasteiger partial charge < -0.3 is 0 Å². The van der Waals surface area contributed by atoms with E-state index in [1.54, 1.807) is 18.6 Å². The lowest BCUT2D eigenvalue weighted by molar-refractivity contribution is 0.0982. The van der Waals surface area contributed by atoms with Crippen molar-refractivity contribution in [3.8, 4) is 0 Å². The second kappa shape index (κ2) is 4.78. The van der Waals surface area contributed by atoms with E-state index in [0.29, 0.717) is 11.4 Å². The SMILES string of the molecule is Cc1nc2cc(F)cc(C(=O)NS(C)(=O)=O)c2nc1C. The van der Waals surface area contributed by atoms with E-state index in [1.165, 1.54) is 0 Å². The van der Waals surface area contributed by atoms with Gasteiger partial charge in [0.05, 0.1) is 28.7 Å². The number of amides is 1. The Hall–Kier alpha value is -2.09. The summed E-state index contributed by atoms with van der Waals surface area (Å²) in [6, 6.07) is 2.08. The van der Waals surface area contributed by atoms with Gasteiger partial charge in [-0.15, -0.1) is 0 Å². The van der Waals surface area contributed by atoms with Gasteiger partial charge in [0, 0.05) is 6.07 Å². The summed E-state index contributed by atoms with van der Waals surface area (Å²) in [7, 11) is -3.74. The lowest BCUT2D eigenvalue weighted by atomic mass is 10.1. The number of carbonyl (C=O) groups is 1. The van der Waals surface area contributed by atoms with E-state index in [1.807, 2.05) is 0 Å². The molecule has 0 bridgehead atoms. The number of fused-ring (bicyclic) bond motifs is 1. The van der Waals surface area contributed by atoms with Crippen LogP contribution in [-0.2, 0) is 10.0 Å². The van der Waals surface area contributed by atoms with Crippen LogP contribution in [0.15, 0.2) is 12.1 Å². The smallest absolute Gasteiger partial charge is 0.267 e. The molecule has 0 saturated heterocycles. The molecule has 0 radical (unpaired) electrons. The van der Waals surface area contributed by atoms with Gasteiger partial charge in [-0.05, 0) is 19.9 Å². The van der Waals surface area contributed by atoms with Crippen molar-refractivity contribution >= 4 is 27.0 Å². The van der Waals surface area contributed by atoms with Crippen LogP contribution in [0.25, 0.3) is 11.0 Å². The lowest BCUT2D eigenvalue weighted by Crippen LogP contribution is -2.29. The number of nitrogens with zero attached hydrogens (tertiary/aromatic N) is 2.